The fourth-order valence-electron chi connectivity index (χ4n) is 3.14. The third-order valence-corrected chi connectivity index (χ3v) is 4.58. The van der Waals surface area contributed by atoms with Crippen LogP contribution in [0.25, 0.3) is 11.3 Å². The van der Waals surface area contributed by atoms with E-state index in [-0.39, 0.29) is 30.5 Å². The monoisotopic (exact) mass is 524 g/mol. The van der Waals surface area contributed by atoms with Gasteiger partial charge in [0, 0.05) is 23.7 Å². The Kier molecular flexibility index (Phi) is 8.48. The molecule has 1 unspecified atom stereocenters. The van der Waals surface area contributed by atoms with Crippen molar-refractivity contribution in [2.75, 3.05) is 13.1 Å². The van der Waals surface area contributed by atoms with Crippen LogP contribution >= 0.6 is 24.0 Å². The van der Waals surface area contributed by atoms with Crippen LogP contribution in [0.15, 0.2) is 56.4 Å². The maximum atomic E-state index is 10.9. The Labute approximate surface area is 194 Å². The highest BCUT2D eigenvalue weighted by atomic mass is 127. The number of aromatic nitrogens is 1. The van der Waals surface area contributed by atoms with E-state index in [9.17, 15) is 5.11 Å². The molecule has 0 amide bonds. The molecule has 30 heavy (non-hydrogen) atoms. The molecule has 2 heterocycles. The van der Waals surface area contributed by atoms with E-state index < -0.39 is 5.60 Å². The van der Waals surface area contributed by atoms with Crippen molar-refractivity contribution in [1.82, 2.24) is 15.8 Å². The summed E-state index contributed by atoms with van der Waals surface area (Å²) in [5.74, 6) is 2.79. The van der Waals surface area contributed by atoms with Crippen LogP contribution in [-0.2, 0) is 12.1 Å². The summed E-state index contributed by atoms with van der Waals surface area (Å²) >= 11 is 0. The lowest BCUT2D eigenvalue weighted by Gasteiger charge is -2.24. The first kappa shape index (κ1) is 23.9. The summed E-state index contributed by atoms with van der Waals surface area (Å²) in [6.07, 6.45) is 0. The summed E-state index contributed by atoms with van der Waals surface area (Å²) in [5, 5.41) is 21.3. The minimum absolute atomic E-state index is 0. The molecule has 0 aliphatic rings. The fraction of sp³-hybridized carbons (Fsp3) is 0.364. The minimum Gasteiger partial charge on any atom is -0.466 e. The van der Waals surface area contributed by atoms with Gasteiger partial charge in [-0.15, -0.1) is 24.0 Å². The van der Waals surface area contributed by atoms with Crippen molar-refractivity contribution in [2.24, 2.45) is 4.99 Å². The van der Waals surface area contributed by atoms with E-state index in [4.69, 9.17) is 8.94 Å². The number of nitrogens with zero attached hydrogens (tertiary/aromatic N) is 2. The van der Waals surface area contributed by atoms with Crippen molar-refractivity contribution in [3.05, 3.63) is 65.2 Å². The first-order valence-corrected chi connectivity index (χ1v) is 9.72. The van der Waals surface area contributed by atoms with Gasteiger partial charge >= 0.3 is 0 Å². The topological polar surface area (TPSA) is 95.8 Å². The zero-order chi connectivity index (χ0) is 20.9. The van der Waals surface area contributed by atoms with E-state index in [0.29, 0.717) is 30.6 Å². The van der Waals surface area contributed by atoms with E-state index in [1.807, 2.05) is 63.2 Å². The number of aryl methyl sites for hydroxylation is 2. The summed E-state index contributed by atoms with van der Waals surface area (Å²) in [5.41, 5.74) is 1.38. The van der Waals surface area contributed by atoms with Gasteiger partial charge in [-0.2, -0.15) is 0 Å². The van der Waals surface area contributed by atoms with Crippen molar-refractivity contribution in [3.8, 4) is 11.3 Å². The van der Waals surface area contributed by atoms with Crippen molar-refractivity contribution in [3.63, 3.8) is 0 Å². The number of aliphatic hydroxyl groups is 1. The Morgan fingerprint density at radius 3 is 2.53 bits per heavy atom. The summed E-state index contributed by atoms with van der Waals surface area (Å²) in [7, 11) is 0. The molecule has 0 aliphatic carbocycles. The molecule has 7 nitrogen and oxygen atoms in total. The molecule has 1 aromatic carbocycles. The Bertz CT molecular complexity index is 964. The molecule has 0 spiro atoms. The molecule has 3 N–H and O–H groups in total. The molecule has 162 valence electrons. The van der Waals surface area contributed by atoms with Crippen LogP contribution in [0.1, 0.15) is 36.6 Å². The summed E-state index contributed by atoms with van der Waals surface area (Å²) in [4.78, 5) is 4.55. The normalized spacial score (nSPS) is 13.4. The zero-order valence-corrected chi connectivity index (χ0v) is 20.1. The lowest BCUT2D eigenvalue weighted by atomic mass is 9.96. The van der Waals surface area contributed by atoms with Crippen LogP contribution < -0.4 is 10.6 Å². The van der Waals surface area contributed by atoms with E-state index in [0.717, 1.165) is 22.6 Å². The number of furan rings is 1. The maximum Gasteiger partial charge on any atom is 0.191 e. The SMILES string of the molecule is CCNC(=NCc1cc(-c2ccccc2)on1)NCC(C)(O)c1cc(C)oc1C.I. The largest absolute Gasteiger partial charge is 0.466 e. The average Bonchev–Trinajstić information content (AvgIpc) is 3.31. The van der Waals surface area contributed by atoms with Gasteiger partial charge in [0.2, 0.25) is 0 Å². The quantitative estimate of drug-likeness (QED) is 0.245. The molecule has 3 rings (SSSR count). The van der Waals surface area contributed by atoms with Crippen molar-refractivity contribution in [2.45, 2.75) is 39.8 Å². The molecule has 0 bridgehead atoms. The smallest absolute Gasteiger partial charge is 0.191 e. The standard InChI is InChI=1S/C22H28N4O3.HI/c1-5-23-21(25-14-22(4,27)19-11-15(2)28-16(19)3)24-13-18-12-20(29-26-18)17-9-7-6-8-10-17;/h6-12,27H,5,13-14H2,1-4H3,(H2,23,24,25);1H. The number of halogens is 1. The highest BCUT2D eigenvalue weighted by Crippen LogP contribution is 2.26. The van der Waals surface area contributed by atoms with E-state index in [2.05, 4.69) is 20.8 Å². The summed E-state index contributed by atoms with van der Waals surface area (Å²) in [6, 6.07) is 13.6. The van der Waals surface area contributed by atoms with Gasteiger partial charge in [-0.25, -0.2) is 4.99 Å². The van der Waals surface area contributed by atoms with E-state index >= 15 is 0 Å². The molecule has 2 aromatic heterocycles. The van der Waals surface area contributed by atoms with Crippen LogP contribution in [0.4, 0.5) is 0 Å². The highest BCUT2D eigenvalue weighted by molar-refractivity contribution is 14.0. The molecule has 0 saturated heterocycles. The lowest BCUT2D eigenvalue weighted by molar-refractivity contribution is 0.0601. The van der Waals surface area contributed by atoms with Crippen molar-refractivity contribution < 1.29 is 14.0 Å². The average molecular weight is 524 g/mol. The number of benzene rings is 1. The van der Waals surface area contributed by atoms with Crippen molar-refractivity contribution >= 4 is 29.9 Å². The van der Waals surface area contributed by atoms with E-state index in [1.165, 1.54) is 0 Å². The molecular formula is C22H29IN4O3. The van der Waals surface area contributed by atoms with Gasteiger partial charge in [0.15, 0.2) is 11.7 Å². The molecule has 3 aromatic rings. The van der Waals surface area contributed by atoms with E-state index in [1.54, 1.807) is 6.92 Å². The number of guanidine groups is 1. The summed E-state index contributed by atoms with van der Waals surface area (Å²) in [6.45, 7) is 8.81. The second kappa shape index (κ2) is 10.6. The Morgan fingerprint density at radius 1 is 1.17 bits per heavy atom. The van der Waals surface area contributed by atoms with Gasteiger partial charge in [-0.3, -0.25) is 0 Å². The highest BCUT2D eigenvalue weighted by Gasteiger charge is 2.27. The molecule has 8 heteroatoms. The number of aliphatic imine (C=N–C) groups is 1. The molecule has 0 fully saturated rings. The number of nitrogens with one attached hydrogen (secondary N) is 2. The second-order valence-electron chi connectivity index (χ2n) is 7.20. The first-order valence-electron chi connectivity index (χ1n) is 9.72. The predicted octanol–water partition coefficient (Wildman–Crippen LogP) is 4.13. The van der Waals surface area contributed by atoms with Gasteiger partial charge in [0.05, 0.1) is 13.1 Å². The number of hydrogen-bond donors (Lipinski definition) is 3. The Morgan fingerprint density at radius 2 is 1.90 bits per heavy atom. The van der Waals surface area contributed by atoms with Gasteiger partial charge < -0.3 is 24.7 Å². The third-order valence-electron chi connectivity index (χ3n) is 4.58. The molecule has 1 atom stereocenters. The van der Waals surface area contributed by atoms with Crippen molar-refractivity contribution in [1.29, 1.82) is 0 Å². The predicted molar refractivity (Wildman–Crippen MR) is 128 cm³/mol. The molecular weight excluding hydrogens is 495 g/mol. The number of hydrogen-bond acceptors (Lipinski definition) is 5. The fourth-order valence-corrected chi connectivity index (χ4v) is 3.14. The Balaban J connectivity index is 0.00000320. The van der Waals surface area contributed by atoms with Crippen LogP contribution in [-0.4, -0.2) is 29.3 Å². The van der Waals surface area contributed by atoms with Gasteiger partial charge in [0.25, 0.3) is 0 Å². The zero-order valence-electron chi connectivity index (χ0n) is 17.7. The van der Waals surface area contributed by atoms with Crippen LogP contribution in [0, 0.1) is 13.8 Å². The third kappa shape index (κ3) is 6.09. The summed E-state index contributed by atoms with van der Waals surface area (Å²) < 4.78 is 11.0. The molecule has 0 aliphatic heterocycles. The molecule has 0 saturated carbocycles. The minimum atomic E-state index is -1.09. The first-order chi connectivity index (χ1) is 13.9. The molecule has 0 radical (unpaired) electrons. The van der Waals surface area contributed by atoms with Crippen LogP contribution in [0.3, 0.4) is 0 Å². The van der Waals surface area contributed by atoms with Crippen LogP contribution in [0.5, 0.6) is 0 Å². The Hall–Kier alpha value is -2.33. The van der Waals surface area contributed by atoms with Crippen LogP contribution in [0.2, 0.25) is 0 Å². The second-order valence-corrected chi connectivity index (χ2v) is 7.20. The number of rotatable bonds is 7. The van der Waals surface area contributed by atoms with Gasteiger partial charge in [-0.1, -0.05) is 35.5 Å². The van der Waals surface area contributed by atoms with Gasteiger partial charge in [0.1, 0.15) is 22.8 Å². The maximum absolute atomic E-state index is 10.9. The lowest BCUT2D eigenvalue weighted by Crippen LogP contribution is -2.44. The van der Waals surface area contributed by atoms with Gasteiger partial charge in [-0.05, 0) is 33.8 Å².